The second kappa shape index (κ2) is 7.32. The summed E-state index contributed by atoms with van der Waals surface area (Å²) < 4.78 is 36.2. The largest absolute Gasteiger partial charge is 0.319 e. The van der Waals surface area contributed by atoms with Gasteiger partial charge in [0.05, 0.1) is 5.75 Å². The van der Waals surface area contributed by atoms with E-state index < -0.39 is 20.8 Å². The van der Waals surface area contributed by atoms with Crippen molar-refractivity contribution in [2.45, 2.75) is 19.4 Å². The van der Waals surface area contributed by atoms with Crippen molar-refractivity contribution in [1.29, 1.82) is 0 Å². The summed E-state index contributed by atoms with van der Waals surface area (Å²) in [4.78, 5) is 0. The van der Waals surface area contributed by atoms with E-state index in [0.29, 0.717) is 18.7 Å². The molecule has 0 bridgehead atoms. The molecule has 0 aromatic rings. The van der Waals surface area contributed by atoms with Crippen LogP contribution in [0.25, 0.3) is 0 Å². The summed E-state index contributed by atoms with van der Waals surface area (Å²) in [6, 6.07) is -0.157. The summed E-state index contributed by atoms with van der Waals surface area (Å²) in [5, 5.41) is 2.78. The zero-order valence-electron chi connectivity index (χ0n) is 9.45. The molecule has 0 saturated carbocycles. The van der Waals surface area contributed by atoms with Crippen LogP contribution in [0.4, 0.5) is 0 Å². The Labute approximate surface area is 94.5 Å². The molecule has 5 nitrogen and oxygen atoms in total. The Kier molecular flexibility index (Phi) is 7.33. The molecule has 2 atom stereocenters. The highest BCUT2D eigenvalue weighted by atomic mass is 32.2. The number of rotatable bonds is 8. The summed E-state index contributed by atoms with van der Waals surface area (Å²) in [5.41, 5.74) is 0. The standard InChI is InChI=1S/C8H20N2O3S2/c1-8(4-6-14(3)11)10-15(12,13)7-5-9-2/h8-10H,4-7H2,1-3H3. The van der Waals surface area contributed by atoms with Gasteiger partial charge in [-0.05, 0) is 20.4 Å². The van der Waals surface area contributed by atoms with Gasteiger partial charge in [0.25, 0.3) is 0 Å². The van der Waals surface area contributed by atoms with Crippen LogP contribution in [0, 0.1) is 0 Å². The zero-order chi connectivity index (χ0) is 11.9. The highest BCUT2D eigenvalue weighted by molar-refractivity contribution is 7.89. The van der Waals surface area contributed by atoms with Gasteiger partial charge in [0, 0.05) is 35.4 Å². The topological polar surface area (TPSA) is 75.3 Å². The van der Waals surface area contributed by atoms with Gasteiger partial charge in [-0.15, -0.1) is 0 Å². The number of nitrogens with one attached hydrogen (secondary N) is 2. The molecular formula is C8H20N2O3S2. The fourth-order valence-electron chi connectivity index (χ4n) is 1.00. The van der Waals surface area contributed by atoms with Crippen LogP contribution >= 0.6 is 0 Å². The molecule has 0 spiro atoms. The van der Waals surface area contributed by atoms with E-state index >= 15 is 0 Å². The molecule has 15 heavy (non-hydrogen) atoms. The fraction of sp³-hybridized carbons (Fsp3) is 1.00. The average molecular weight is 256 g/mol. The maximum Gasteiger partial charge on any atom is 0.213 e. The highest BCUT2D eigenvalue weighted by Gasteiger charge is 2.13. The lowest BCUT2D eigenvalue weighted by molar-refractivity contribution is 0.554. The van der Waals surface area contributed by atoms with Gasteiger partial charge in [-0.1, -0.05) is 0 Å². The summed E-state index contributed by atoms with van der Waals surface area (Å²) in [6.07, 6.45) is 2.21. The van der Waals surface area contributed by atoms with E-state index in [9.17, 15) is 12.6 Å². The Bertz CT molecular complexity index is 290. The molecule has 0 amide bonds. The third-order valence-corrected chi connectivity index (χ3v) is 4.15. The van der Waals surface area contributed by atoms with Gasteiger partial charge in [0.2, 0.25) is 10.0 Å². The number of hydrogen-bond donors (Lipinski definition) is 2. The van der Waals surface area contributed by atoms with Crippen molar-refractivity contribution in [2.24, 2.45) is 0 Å². The van der Waals surface area contributed by atoms with Gasteiger partial charge in [0.1, 0.15) is 0 Å². The van der Waals surface area contributed by atoms with Gasteiger partial charge in [-0.2, -0.15) is 0 Å². The molecule has 2 unspecified atom stereocenters. The summed E-state index contributed by atoms with van der Waals surface area (Å²) in [6.45, 7) is 2.21. The van der Waals surface area contributed by atoms with E-state index in [0.717, 1.165) is 0 Å². The second-order valence-corrected chi connectivity index (χ2v) is 6.94. The quantitative estimate of drug-likeness (QED) is 0.601. The SMILES string of the molecule is CNCCS(=O)(=O)NC(C)CCS(C)=O. The first-order valence-corrected chi connectivity index (χ1v) is 8.20. The van der Waals surface area contributed by atoms with Crippen molar-refractivity contribution >= 4 is 20.8 Å². The summed E-state index contributed by atoms with van der Waals surface area (Å²) in [5.74, 6) is 0.596. The van der Waals surface area contributed by atoms with Gasteiger partial charge in [0.15, 0.2) is 0 Å². The highest BCUT2D eigenvalue weighted by Crippen LogP contribution is 1.96. The number of sulfonamides is 1. The lowest BCUT2D eigenvalue weighted by Gasteiger charge is -2.13. The van der Waals surface area contributed by atoms with E-state index in [1.165, 1.54) is 0 Å². The first-order chi connectivity index (χ1) is 6.87. The van der Waals surface area contributed by atoms with E-state index in [4.69, 9.17) is 0 Å². The first-order valence-electron chi connectivity index (χ1n) is 4.82. The molecule has 0 rings (SSSR count). The Morgan fingerprint density at radius 1 is 1.40 bits per heavy atom. The Balaban J connectivity index is 3.93. The van der Waals surface area contributed by atoms with Crippen LogP contribution in [0.15, 0.2) is 0 Å². The minimum atomic E-state index is -3.20. The van der Waals surface area contributed by atoms with Gasteiger partial charge < -0.3 is 5.32 Å². The lowest BCUT2D eigenvalue weighted by Crippen LogP contribution is -2.37. The molecule has 0 saturated heterocycles. The Morgan fingerprint density at radius 3 is 2.47 bits per heavy atom. The van der Waals surface area contributed by atoms with Gasteiger partial charge >= 0.3 is 0 Å². The molecule has 0 fully saturated rings. The maximum atomic E-state index is 11.4. The van der Waals surface area contributed by atoms with E-state index in [2.05, 4.69) is 10.0 Å². The minimum absolute atomic E-state index is 0.0725. The van der Waals surface area contributed by atoms with Crippen LogP contribution in [-0.4, -0.2) is 50.0 Å². The molecule has 0 aliphatic carbocycles. The van der Waals surface area contributed by atoms with Crippen molar-refractivity contribution in [3.05, 3.63) is 0 Å². The molecule has 0 heterocycles. The van der Waals surface area contributed by atoms with E-state index in [1.54, 1.807) is 20.2 Å². The third kappa shape index (κ3) is 8.98. The van der Waals surface area contributed by atoms with Crippen LogP contribution in [0.5, 0.6) is 0 Å². The second-order valence-electron chi connectivity index (χ2n) is 3.51. The molecule has 2 N–H and O–H groups in total. The molecule has 0 aromatic carbocycles. The normalized spacial score (nSPS) is 16.2. The van der Waals surface area contributed by atoms with Crippen LogP contribution in [0.1, 0.15) is 13.3 Å². The maximum absolute atomic E-state index is 11.4. The van der Waals surface area contributed by atoms with E-state index in [1.807, 2.05) is 0 Å². The van der Waals surface area contributed by atoms with Crippen molar-refractivity contribution in [2.75, 3.05) is 31.4 Å². The molecule has 0 aliphatic heterocycles. The summed E-state index contributed by atoms with van der Waals surface area (Å²) in [7, 11) is -2.36. The van der Waals surface area contributed by atoms with Crippen molar-refractivity contribution in [3.63, 3.8) is 0 Å². The first kappa shape index (κ1) is 15.0. The van der Waals surface area contributed by atoms with Crippen molar-refractivity contribution in [1.82, 2.24) is 10.0 Å². The molecule has 0 aliphatic rings. The molecule has 7 heteroatoms. The van der Waals surface area contributed by atoms with Crippen LogP contribution in [0.3, 0.4) is 0 Å². The van der Waals surface area contributed by atoms with Gasteiger partial charge in [-0.25, -0.2) is 13.1 Å². The van der Waals surface area contributed by atoms with Crippen molar-refractivity contribution in [3.8, 4) is 0 Å². The Morgan fingerprint density at radius 2 is 2.00 bits per heavy atom. The van der Waals surface area contributed by atoms with Crippen LogP contribution < -0.4 is 10.0 Å². The molecule has 0 aromatic heterocycles. The summed E-state index contributed by atoms with van der Waals surface area (Å²) >= 11 is 0. The van der Waals surface area contributed by atoms with E-state index in [-0.39, 0.29) is 11.8 Å². The van der Waals surface area contributed by atoms with Crippen molar-refractivity contribution < 1.29 is 12.6 Å². The molecule has 92 valence electrons. The smallest absolute Gasteiger partial charge is 0.213 e. The predicted octanol–water partition coefficient (Wildman–Crippen LogP) is -0.718. The lowest BCUT2D eigenvalue weighted by atomic mass is 10.3. The number of hydrogen-bond acceptors (Lipinski definition) is 4. The zero-order valence-corrected chi connectivity index (χ0v) is 11.1. The molecular weight excluding hydrogens is 236 g/mol. The average Bonchev–Trinajstić information content (AvgIpc) is 2.11. The fourth-order valence-corrected chi connectivity index (χ4v) is 3.01. The monoisotopic (exact) mass is 256 g/mol. The molecule has 0 radical (unpaired) electrons. The Hall–Kier alpha value is 0.0200. The third-order valence-electron chi connectivity index (χ3n) is 1.84. The van der Waals surface area contributed by atoms with Crippen LogP contribution in [0.2, 0.25) is 0 Å². The van der Waals surface area contributed by atoms with Gasteiger partial charge in [-0.3, -0.25) is 4.21 Å². The van der Waals surface area contributed by atoms with Crippen LogP contribution in [-0.2, 0) is 20.8 Å². The minimum Gasteiger partial charge on any atom is -0.319 e. The predicted molar refractivity (Wildman–Crippen MR) is 63.9 cm³/mol.